The van der Waals surface area contributed by atoms with Crippen LogP contribution in [0.25, 0.3) is 0 Å². The minimum Gasteiger partial charge on any atom is -0.312 e. The maximum atomic E-state index is 13.0. The molecule has 2 nitrogen and oxygen atoms in total. The summed E-state index contributed by atoms with van der Waals surface area (Å²) in [6, 6.07) is 5.56. The Hall–Kier alpha value is -1.33. The molecular formula is C14H13BrF2N2. The van der Waals surface area contributed by atoms with Gasteiger partial charge in [0, 0.05) is 29.5 Å². The smallest absolute Gasteiger partial charge is 0.126 e. The van der Waals surface area contributed by atoms with E-state index in [1.165, 1.54) is 12.1 Å². The Labute approximate surface area is 119 Å². The van der Waals surface area contributed by atoms with E-state index in [2.05, 4.69) is 26.2 Å². The van der Waals surface area contributed by atoms with Crippen LogP contribution in [0.2, 0.25) is 0 Å². The number of nitrogens with zero attached hydrogens (tertiary/aromatic N) is 1. The molecule has 0 aliphatic rings. The molecule has 100 valence electrons. The van der Waals surface area contributed by atoms with Crippen molar-refractivity contribution < 1.29 is 8.78 Å². The number of hydrogen-bond acceptors (Lipinski definition) is 2. The first-order valence-corrected chi connectivity index (χ1v) is 6.68. The summed E-state index contributed by atoms with van der Waals surface area (Å²) in [5, 5.41) is 3.21. The van der Waals surface area contributed by atoms with Gasteiger partial charge in [0.25, 0.3) is 0 Å². The normalized spacial score (nSPS) is 10.7. The van der Waals surface area contributed by atoms with E-state index in [-0.39, 0.29) is 0 Å². The van der Waals surface area contributed by atoms with E-state index >= 15 is 0 Å². The first-order chi connectivity index (χ1) is 9.13. The SMILES string of the molecule is Fc1cc(F)cc(CCNCc2cncc(Br)c2)c1. The molecule has 0 unspecified atom stereocenters. The maximum absolute atomic E-state index is 13.0. The number of pyridine rings is 1. The van der Waals surface area contributed by atoms with Crippen molar-refractivity contribution in [2.24, 2.45) is 0 Å². The van der Waals surface area contributed by atoms with Crippen LogP contribution in [0.1, 0.15) is 11.1 Å². The number of rotatable bonds is 5. The number of halogens is 3. The van der Waals surface area contributed by atoms with Crippen molar-refractivity contribution in [3.63, 3.8) is 0 Å². The van der Waals surface area contributed by atoms with Gasteiger partial charge in [0.15, 0.2) is 0 Å². The summed E-state index contributed by atoms with van der Waals surface area (Å²) in [5.41, 5.74) is 1.71. The third kappa shape index (κ3) is 4.69. The largest absolute Gasteiger partial charge is 0.312 e. The minimum absolute atomic E-state index is 0.536. The van der Waals surface area contributed by atoms with Crippen molar-refractivity contribution >= 4 is 15.9 Å². The Kier molecular flexibility index (Phi) is 4.99. The molecule has 2 rings (SSSR count). The lowest BCUT2D eigenvalue weighted by atomic mass is 10.1. The van der Waals surface area contributed by atoms with Gasteiger partial charge >= 0.3 is 0 Å². The minimum atomic E-state index is -0.536. The molecule has 0 fully saturated rings. The molecule has 0 saturated carbocycles. The molecule has 1 aromatic heterocycles. The average molecular weight is 327 g/mol. The monoisotopic (exact) mass is 326 g/mol. The predicted molar refractivity (Wildman–Crippen MR) is 73.7 cm³/mol. The summed E-state index contributed by atoms with van der Waals surface area (Å²) >= 11 is 3.35. The highest BCUT2D eigenvalue weighted by atomic mass is 79.9. The van der Waals surface area contributed by atoms with Crippen molar-refractivity contribution in [1.29, 1.82) is 0 Å². The molecule has 0 aliphatic carbocycles. The zero-order valence-electron chi connectivity index (χ0n) is 10.2. The highest BCUT2D eigenvalue weighted by Gasteiger charge is 2.00. The Balaban J connectivity index is 1.80. The first kappa shape index (κ1) is 14.1. The summed E-state index contributed by atoms with van der Waals surface area (Å²) in [6.45, 7) is 1.32. The van der Waals surface area contributed by atoms with E-state index in [1.54, 1.807) is 12.4 Å². The lowest BCUT2D eigenvalue weighted by molar-refractivity contribution is 0.577. The lowest BCUT2D eigenvalue weighted by Crippen LogP contribution is -2.16. The summed E-state index contributed by atoms with van der Waals surface area (Å²) in [4.78, 5) is 4.06. The molecule has 0 amide bonds. The van der Waals surface area contributed by atoms with Crippen LogP contribution in [0.5, 0.6) is 0 Å². The van der Waals surface area contributed by atoms with E-state index in [1.807, 2.05) is 6.07 Å². The van der Waals surface area contributed by atoms with Gasteiger partial charge < -0.3 is 5.32 Å². The summed E-state index contributed by atoms with van der Waals surface area (Å²) in [5.74, 6) is -1.07. The molecule has 0 atom stereocenters. The molecular weight excluding hydrogens is 314 g/mol. The van der Waals surface area contributed by atoms with Crippen LogP contribution in [0.4, 0.5) is 8.78 Å². The van der Waals surface area contributed by atoms with Crippen molar-refractivity contribution in [1.82, 2.24) is 10.3 Å². The third-order valence-corrected chi connectivity index (χ3v) is 3.04. The summed E-state index contributed by atoms with van der Waals surface area (Å²) in [7, 11) is 0. The second-order valence-electron chi connectivity index (χ2n) is 4.22. The van der Waals surface area contributed by atoms with Gasteiger partial charge in [-0.15, -0.1) is 0 Å². The van der Waals surface area contributed by atoms with Gasteiger partial charge in [0.1, 0.15) is 11.6 Å². The Morgan fingerprint density at radius 2 is 1.74 bits per heavy atom. The first-order valence-electron chi connectivity index (χ1n) is 5.88. The van der Waals surface area contributed by atoms with Crippen LogP contribution < -0.4 is 5.32 Å². The number of hydrogen-bond donors (Lipinski definition) is 1. The fourth-order valence-electron chi connectivity index (χ4n) is 1.77. The third-order valence-electron chi connectivity index (χ3n) is 2.60. The van der Waals surface area contributed by atoms with Crippen LogP contribution >= 0.6 is 15.9 Å². The van der Waals surface area contributed by atoms with Gasteiger partial charge in [-0.2, -0.15) is 0 Å². The fourth-order valence-corrected chi connectivity index (χ4v) is 2.19. The zero-order valence-corrected chi connectivity index (χ0v) is 11.8. The molecule has 1 heterocycles. The second kappa shape index (κ2) is 6.73. The van der Waals surface area contributed by atoms with E-state index in [0.717, 1.165) is 16.1 Å². The predicted octanol–water partition coefficient (Wildman–Crippen LogP) is 3.45. The van der Waals surface area contributed by atoms with Crippen LogP contribution in [0.3, 0.4) is 0 Å². The quantitative estimate of drug-likeness (QED) is 0.851. The van der Waals surface area contributed by atoms with Gasteiger partial charge in [0.2, 0.25) is 0 Å². The molecule has 5 heteroatoms. The highest BCUT2D eigenvalue weighted by Crippen LogP contribution is 2.10. The molecule has 1 aromatic carbocycles. The molecule has 19 heavy (non-hydrogen) atoms. The van der Waals surface area contributed by atoms with Crippen LogP contribution in [-0.4, -0.2) is 11.5 Å². The van der Waals surface area contributed by atoms with Gasteiger partial charge in [-0.1, -0.05) is 0 Å². The molecule has 0 saturated heterocycles. The summed E-state index contributed by atoms with van der Waals surface area (Å²) < 4.78 is 26.9. The Morgan fingerprint density at radius 1 is 1.00 bits per heavy atom. The van der Waals surface area contributed by atoms with Crippen molar-refractivity contribution in [3.05, 3.63) is 63.9 Å². The molecule has 0 bridgehead atoms. The summed E-state index contributed by atoms with van der Waals surface area (Å²) in [6.07, 6.45) is 4.08. The van der Waals surface area contributed by atoms with Crippen molar-refractivity contribution in [2.45, 2.75) is 13.0 Å². The number of benzene rings is 1. The van der Waals surface area contributed by atoms with Crippen molar-refractivity contribution in [3.8, 4) is 0 Å². The number of aromatic nitrogens is 1. The average Bonchev–Trinajstić information content (AvgIpc) is 2.34. The van der Waals surface area contributed by atoms with Crippen LogP contribution in [-0.2, 0) is 13.0 Å². The molecule has 0 spiro atoms. The topological polar surface area (TPSA) is 24.9 Å². The van der Waals surface area contributed by atoms with Gasteiger partial charge in [-0.3, -0.25) is 4.98 Å². The molecule has 1 N–H and O–H groups in total. The Morgan fingerprint density at radius 3 is 2.42 bits per heavy atom. The number of nitrogens with one attached hydrogen (secondary N) is 1. The van der Waals surface area contributed by atoms with Gasteiger partial charge in [-0.05, 0) is 58.2 Å². The van der Waals surface area contributed by atoms with E-state index in [9.17, 15) is 8.78 Å². The van der Waals surface area contributed by atoms with E-state index < -0.39 is 11.6 Å². The Bertz CT molecular complexity index is 541. The van der Waals surface area contributed by atoms with E-state index in [4.69, 9.17) is 0 Å². The van der Waals surface area contributed by atoms with Gasteiger partial charge in [-0.25, -0.2) is 8.78 Å². The van der Waals surface area contributed by atoms with Crippen LogP contribution in [0.15, 0.2) is 41.1 Å². The maximum Gasteiger partial charge on any atom is 0.126 e. The molecule has 2 aromatic rings. The standard InChI is InChI=1S/C14H13BrF2N2/c15-12-3-11(8-19-9-12)7-18-2-1-10-4-13(16)6-14(17)5-10/h3-6,8-9,18H,1-2,7H2. The van der Waals surface area contributed by atoms with Crippen molar-refractivity contribution in [2.75, 3.05) is 6.54 Å². The molecule has 0 radical (unpaired) electrons. The second-order valence-corrected chi connectivity index (χ2v) is 5.13. The lowest BCUT2D eigenvalue weighted by Gasteiger charge is -2.05. The van der Waals surface area contributed by atoms with Crippen LogP contribution in [0, 0.1) is 11.6 Å². The highest BCUT2D eigenvalue weighted by molar-refractivity contribution is 9.10. The fraction of sp³-hybridized carbons (Fsp3) is 0.214. The van der Waals surface area contributed by atoms with E-state index in [0.29, 0.717) is 25.1 Å². The molecule has 0 aliphatic heterocycles. The zero-order chi connectivity index (χ0) is 13.7. The van der Waals surface area contributed by atoms with Gasteiger partial charge in [0.05, 0.1) is 0 Å².